The SMILES string of the molecule is CSCCC(NC(=O)C(CCSC)NC(=O)C(CCC(N)=O)NC(=O)C(N)CC(N)=O)C(=O)O. The quantitative estimate of drug-likeness (QED) is 0.0998. The first kappa shape index (κ1) is 31.5. The van der Waals surface area contributed by atoms with E-state index in [4.69, 9.17) is 17.2 Å². The molecule has 0 rings (SSSR count). The number of thioether (sulfide) groups is 2. The van der Waals surface area contributed by atoms with Gasteiger partial charge in [0.1, 0.15) is 18.1 Å². The molecule has 0 saturated carbocycles. The molecule has 10 N–H and O–H groups in total. The van der Waals surface area contributed by atoms with Crippen molar-refractivity contribution in [3.63, 3.8) is 0 Å². The summed E-state index contributed by atoms with van der Waals surface area (Å²) < 4.78 is 0. The molecule has 0 bridgehead atoms. The van der Waals surface area contributed by atoms with Gasteiger partial charge in [-0.25, -0.2) is 4.79 Å². The number of hydrogen-bond donors (Lipinski definition) is 7. The zero-order valence-corrected chi connectivity index (χ0v) is 20.8. The highest BCUT2D eigenvalue weighted by Gasteiger charge is 2.30. The fourth-order valence-electron chi connectivity index (χ4n) is 2.69. The molecule has 4 unspecified atom stereocenters. The summed E-state index contributed by atoms with van der Waals surface area (Å²) in [5.74, 6) is -4.09. The fourth-order valence-corrected chi connectivity index (χ4v) is 3.63. The molecule has 15 heteroatoms. The van der Waals surface area contributed by atoms with Crippen molar-refractivity contribution in [1.82, 2.24) is 16.0 Å². The predicted molar refractivity (Wildman–Crippen MR) is 130 cm³/mol. The van der Waals surface area contributed by atoms with E-state index in [9.17, 15) is 33.9 Å². The van der Waals surface area contributed by atoms with Crippen LogP contribution in [0.1, 0.15) is 32.1 Å². The number of carboxylic acids is 1. The number of nitrogens with one attached hydrogen (secondary N) is 3. The minimum Gasteiger partial charge on any atom is -0.480 e. The van der Waals surface area contributed by atoms with Crippen molar-refractivity contribution >= 4 is 59.0 Å². The van der Waals surface area contributed by atoms with E-state index in [2.05, 4.69) is 16.0 Å². The van der Waals surface area contributed by atoms with Crippen LogP contribution in [0.4, 0.5) is 0 Å². The fraction of sp³-hybridized carbons (Fsp3) is 0.684. The first-order valence-electron chi connectivity index (χ1n) is 10.4. The molecule has 0 saturated heterocycles. The third kappa shape index (κ3) is 13.3. The number of carbonyl (C=O) groups excluding carboxylic acids is 5. The number of amides is 5. The Balaban J connectivity index is 5.49. The van der Waals surface area contributed by atoms with Gasteiger partial charge in [0.2, 0.25) is 29.5 Å². The van der Waals surface area contributed by atoms with Gasteiger partial charge in [0.15, 0.2) is 0 Å². The van der Waals surface area contributed by atoms with Gasteiger partial charge >= 0.3 is 5.97 Å². The van der Waals surface area contributed by atoms with Gasteiger partial charge in [-0.3, -0.25) is 24.0 Å². The van der Waals surface area contributed by atoms with Crippen molar-refractivity contribution < 1.29 is 33.9 Å². The van der Waals surface area contributed by atoms with Crippen molar-refractivity contribution in [3.8, 4) is 0 Å². The van der Waals surface area contributed by atoms with Gasteiger partial charge < -0.3 is 38.3 Å². The van der Waals surface area contributed by atoms with Crippen molar-refractivity contribution in [3.05, 3.63) is 0 Å². The highest BCUT2D eigenvalue weighted by Crippen LogP contribution is 2.07. The van der Waals surface area contributed by atoms with Crippen LogP contribution in [0.3, 0.4) is 0 Å². The number of nitrogens with two attached hydrogens (primary N) is 3. The molecular formula is C19H34N6O7S2. The number of aliphatic carboxylic acids is 1. The standard InChI is InChI=1S/C19H34N6O7S2/c1-33-7-5-12(18(30)25-13(19(31)32)6-8-34-2)24-17(29)11(3-4-14(21)26)23-16(28)10(20)9-15(22)27/h10-13H,3-9,20H2,1-2H3,(H2,21,26)(H2,22,27)(H,23,28)(H,24,29)(H,25,30)(H,31,32). The minimum atomic E-state index is -1.32. The minimum absolute atomic E-state index is 0.182. The number of rotatable bonds is 18. The van der Waals surface area contributed by atoms with E-state index >= 15 is 0 Å². The molecule has 0 aliphatic carbocycles. The molecule has 0 radical (unpaired) electrons. The van der Waals surface area contributed by atoms with E-state index in [1.54, 1.807) is 12.5 Å². The van der Waals surface area contributed by atoms with E-state index in [0.717, 1.165) is 0 Å². The van der Waals surface area contributed by atoms with Crippen LogP contribution >= 0.6 is 23.5 Å². The van der Waals surface area contributed by atoms with Crippen LogP contribution in [0.15, 0.2) is 0 Å². The molecule has 5 amide bonds. The van der Waals surface area contributed by atoms with Gasteiger partial charge in [0.25, 0.3) is 0 Å². The monoisotopic (exact) mass is 522 g/mol. The Morgan fingerprint density at radius 2 is 1.18 bits per heavy atom. The van der Waals surface area contributed by atoms with Crippen molar-refractivity contribution in [2.75, 3.05) is 24.0 Å². The van der Waals surface area contributed by atoms with Crippen LogP contribution in [-0.4, -0.2) is 88.8 Å². The lowest BCUT2D eigenvalue weighted by Crippen LogP contribution is -2.57. The van der Waals surface area contributed by atoms with Gasteiger partial charge in [-0.2, -0.15) is 23.5 Å². The molecule has 13 nitrogen and oxygen atoms in total. The zero-order chi connectivity index (χ0) is 26.3. The average molecular weight is 523 g/mol. The average Bonchev–Trinajstić information content (AvgIpc) is 2.75. The first-order chi connectivity index (χ1) is 15.9. The zero-order valence-electron chi connectivity index (χ0n) is 19.2. The molecule has 34 heavy (non-hydrogen) atoms. The predicted octanol–water partition coefficient (Wildman–Crippen LogP) is -2.50. The lowest BCUT2D eigenvalue weighted by molar-refractivity contribution is -0.142. The van der Waals surface area contributed by atoms with Crippen molar-refractivity contribution in [1.29, 1.82) is 0 Å². The summed E-state index contributed by atoms with van der Waals surface area (Å²) in [6.07, 6.45) is 3.09. The maximum atomic E-state index is 12.9. The first-order valence-corrected chi connectivity index (χ1v) is 13.2. The second-order valence-electron chi connectivity index (χ2n) is 7.37. The molecule has 0 heterocycles. The third-order valence-electron chi connectivity index (χ3n) is 4.54. The molecule has 0 spiro atoms. The maximum absolute atomic E-state index is 12.9. The Morgan fingerprint density at radius 1 is 0.735 bits per heavy atom. The molecule has 0 aromatic rings. The highest BCUT2D eigenvalue weighted by atomic mass is 32.2. The summed E-state index contributed by atoms with van der Waals surface area (Å²) in [5.41, 5.74) is 15.8. The van der Waals surface area contributed by atoms with E-state index < -0.39 is 66.1 Å². The summed E-state index contributed by atoms with van der Waals surface area (Å²) in [7, 11) is 0. The van der Waals surface area contributed by atoms with Gasteiger partial charge in [0.05, 0.1) is 12.5 Å². The van der Waals surface area contributed by atoms with Crippen LogP contribution in [-0.2, 0) is 28.8 Å². The van der Waals surface area contributed by atoms with Crippen LogP contribution in [0.25, 0.3) is 0 Å². The largest absolute Gasteiger partial charge is 0.480 e. The Kier molecular flexibility index (Phi) is 15.7. The summed E-state index contributed by atoms with van der Waals surface area (Å²) in [6, 6.07) is -4.82. The number of hydrogen-bond acceptors (Lipinski definition) is 9. The van der Waals surface area contributed by atoms with E-state index in [0.29, 0.717) is 11.5 Å². The number of carbonyl (C=O) groups is 6. The lowest BCUT2D eigenvalue weighted by Gasteiger charge is -2.25. The Hall–Kier alpha value is -2.52. The molecule has 194 valence electrons. The van der Waals surface area contributed by atoms with Gasteiger partial charge in [-0.1, -0.05) is 0 Å². The van der Waals surface area contributed by atoms with Crippen molar-refractivity contribution in [2.24, 2.45) is 17.2 Å². The molecule has 0 aromatic carbocycles. The molecule has 0 fully saturated rings. The molecule has 0 aliphatic rings. The van der Waals surface area contributed by atoms with Gasteiger partial charge in [0, 0.05) is 6.42 Å². The molecule has 0 aromatic heterocycles. The number of carboxylic acid groups (broad SMARTS) is 1. The lowest BCUT2D eigenvalue weighted by atomic mass is 10.1. The molecular weight excluding hydrogens is 488 g/mol. The summed E-state index contributed by atoms with van der Waals surface area (Å²) in [4.78, 5) is 71.6. The smallest absolute Gasteiger partial charge is 0.326 e. The summed E-state index contributed by atoms with van der Waals surface area (Å²) in [5, 5.41) is 16.6. The maximum Gasteiger partial charge on any atom is 0.326 e. The van der Waals surface area contributed by atoms with E-state index in [1.165, 1.54) is 23.5 Å². The van der Waals surface area contributed by atoms with Crippen LogP contribution in [0.2, 0.25) is 0 Å². The Labute approximate surface area is 206 Å². The third-order valence-corrected chi connectivity index (χ3v) is 5.83. The van der Waals surface area contributed by atoms with Crippen LogP contribution in [0.5, 0.6) is 0 Å². The van der Waals surface area contributed by atoms with Crippen LogP contribution < -0.4 is 33.2 Å². The van der Waals surface area contributed by atoms with E-state index in [-0.39, 0.29) is 25.7 Å². The second kappa shape index (κ2) is 17.0. The number of primary amides is 2. The van der Waals surface area contributed by atoms with E-state index in [1.807, 2.05) is 0 Å². The van der Waals surface area contributed by atoms with Gasteiger partial charge in [-0.05, 0) is 43.3 Å². The van der Waals surface area contributed by atoms with Crippen LogP contribution in [0, 0.1) is 0 Å². The summed E-state index contributed by atoms with van der Waals surface area (Å²) in [6.45, 7) is 0. The normalized spacial score (nSPS) is 14.2. The second-order valence-corrected chi connectivity index (χ2v) is 9.34. The summed E-state index contributed by atoms with van der Waals surface area (Å²) >= 11 is 2.84. The highest BCUT2D eigenvalue weighted by molar-refractivity contribution is 7.98. The van der Waals surface area contributed by atoms with Crippen molar-refractivity contribution in [2.45, 2.75) is 56.3 Å². The topological polar surface area (TPSA) is 237 Å². The Bertz CT molecular complexity index is 740. The van der Waals surface area contributed by atoms with Gasteiger partial charge in [-0.15, -0.1) is 0 Å². The molecule has 0 aliphatic heterocycles. The Morgan fingerprint density at radius 3 is 1.62 bits per heavy atom. The molecule has 4 atom stereocenters.